The molecular formula is C28H27N5O. The number of nitrogens with zero attached hydrogens (tertiary/aromatic N) is 4. The van der Waals surface area contributed by atoms with Gasteiger partial charge in [-0.25, -0.2) is 9.97 Å². The van der Waals surface area contributed by atoms with E-state index in [9.17, 15) is 4.79 Å². The minimum Gasteiger partial charge on any atom is -0.367 e. The van der Waals surface area contributed by atoms with Crippen LogP contribution in [0.25, 0.3) is 22.0 Å². The number of aromatic nitrogens is 3. The zero-order valence-corrected chi connectivity index (χ0v) is 19.2. The highest BCUT2D eigenvalue weighted by molar-refractivity contribution is 5.94. The van der Waals surface area contributed by atoms with Crippen molar-refractivity contribution in [3.8, 4) is 11.1 Å². The molecule has 1 amide bonds. The maximum Gasteiger partial charge on any atom is 0.272 e. The Kier molecular flexibility index (Phi) is 5.21. The largest absolute Gasteiger partial charge is 0.367 e. The molecule has 1 N–H and O–H groups in total. The van der Waals surface area contributed by atoms with Crippen LogP contribution in [0, 0.1) is 6.92 Å². The first-order valence-electron chi connectivity index (χ1n) is 12.0. The second-order valence-electron chi connectivity index (χ2n) is 9.40. The standard InChI is InChI=1S/C28H27N5O/c1-18-13-26-24(27(31-17-30-26)32-21-8-9-21)15-23(18)20-6-4-5-19(14-20)16-33(22-10-11-22)28(34)25-7-2-3-12-29-25/h2-7,12-15,17,21-22H,8-11,16H2,1H3,(H,30,31,32). The number of hydrogen-bond donors (Lipinski definition) is 1. The molecule has 6 rings (SSSR count). The number of hydrogen-bond acceptors (Lipinski definition) is 5. The number of carbonyl (C=O) groups excluding carboxylic acids is 1. The summed E-state index contributed by atoms with van der Waals surface area (Å²) in [6.07, 6.45) is 7.81. The Morgan fingerprint density at radius 1 is 1.00 bits per heavy atom. The van der Waals surface area contributed by atoms with Gasteiger partial charge in [0.05, 0.1) is 5.52 Å². The van der Waals surface area contributed by atoms with Crippen LogP contribution in [0.1, 0.15) is 47.3 Å². The van der Waals surface area contributed by atoms with Crippen molar-refractivity contribution in [1.82, 2.24) is 19.9 Å². The topological polar surface area (TPSA) is 71.0 Å². The van der Waals surface area contributed by atoms with Crippen LogP contribution in [-0.4, -0.2) is 37.8 Å². The number of nitrogens with one attached hydrogen (secondary N) is 1. The Morgan fingerprint density at radius 2 is 1.88 bits per heavy atom. The Labute approximate surface area is 199 Å². The monoisotopic (exact) mass is 449 g/mol. The maximum absolute atomic E-state index is 13.2. The molecule has 2 fully saturated rings. The summed E-state index contributed by atoms with van der Waals surface area (Å²) in [5.74, 6) is 0.911. The summed E-state index contributed by atoms with van der Waals surface area (Å²) in [5, 5.41) is 4.59. The molecule has 2 saturated carbocycles. The van der Waals surface area contributed by atoms with Crippen molar-refractivity contribution in [1.29, 1.82) is 0 Å². The molecule has 2 aliphatic rings. The third-order valence-electron chi connectivity index (χ3n) is 6.62. The van der Waals surface area contributed by atoms with Crippen molar-refractivity contribution in [2.75, 3.05) is 5.32 Å². The van der Waals surface area contributed by atoms with E-state index in [4.69, 9.17) is 0 Å². The average Bonchev–Trinajstić information content (AvgIpc) is 3.78. The molecule has 4 aromatic rings. The fourth-order valence-corrected chi connectivity index (χ4v) is 4.48. The lowest BCUT2D eigenvalue weighted by molar-refractivity contribution is 0.0724. The highest BCUT2D eigenvalue weighted by Gasteiger charge is 2.33. The number of aryl methyl sites for hydroxylation is 1. The van der Waals surface area contributed by atoms with Crippen molar-refractivity contribution in [2.24, 2.45) is 0 Å². The van der Waals surface area contributed by atoms with E-state index < -0.39 is 0 Å². The van der Waals surface area contributed by atoms with Crippen LogP contribution >= 0.6 is 0 Å². The van der Waals surface area contributed by atoms with Gasteiger partial charge in [0, 0.05) is 30.2 Å². The number of anilines is 1. The molecule has 0 bridgehead atoms. The van der Waals surface area contributed by atoms with Crippen LogP contribution in [0.2, 0.25) is 0 Å². The average molecular weight is 450 g/mol. The SMILES string of the molecule is Cc1cc2ncnc(NC3CC3)c2cc1-c1cccc(CN(C(=O)c2ccccn2)C2CC2)c1. The van der Waals surface area contributed by atoms with Gasteiger partial charge in [0.25, 0.3) is 5.91 Å². The van der Waals surface area contributed by atoms with E-state index >= 15 is 0 Å². The predicted octanol–water partition coefficient (Wildman–Crippen LogP) is 5.38. The van der Waals surface area contributed by atoms with Gasteiger partial charge in [-0.05, 0) is 85.2 Å². The van der Waals surface area contributed by atoms with Gasteiger partial charge in [0.15, 0.2) is 0 Å². The van der Waals surface area contributed by atoms with Crippen LogP contribution < -0.4 is 5.32 Å². The highest BCUT2D eigenvalue weighted by Crippen LogP contribution is 2.34. The summed E-state index contributed by atoms with van der Waals surface area (Å²) in [5.41, 5.74) is 6.05. The van der Waals surface area contributed by atoms with Crippen molar-refractivity contribution in [2.45, 2.75) is 51.2 Å². The third kappa shape index (κ3) is 4.23. The molecule has 170 valence electrons. The zero-order valence-electron chi connectivity index (χ0n) is 19.2. The second-order valence-corrected chi connectivity index (χ2v) is 9.40. The summed E-state index contributed by atoms with van der Waals surface area (Å²) in [4.78, 5) is 28.4. The van der Waals surface area contributed by atoms with Gasteiger partial charge in [-0.15, -0.1) is 0 Å². The third-order valence-corrected chi connectivity index (χ3v) is 6.62. The number of amides is 1. The van der Waals surface area contributed by atoms with E-state index in [1.54, 1.807) is 18.6 Å². The summed E-state index contributed by atoms with van der Waals surface area (Å²) < 4.78 is 0. The minimum absolute atomic E-state index is 0.00308. The lowest BCUT2D eigenvalue weighted by Gasteiger charge is -2.22. The number of fused-ring (bicyclic) bond motifs is 1. The van der Waals surface area contributed by atoms with E-state index in [1.165, 1.54) is 18.4 Å². The number of pyridine rings is 1. The van der Waals surface area contributed by atoms with Gasteiger partial charge in [-0.1, -0.05) is 24.3 Å². The Bertz CT molecular complexity index is 1360. The molecule has 6 heteroatoms. The first-order valence-corrected chi connectivity index (χ1v) is 12.0. The van der Waals surface area contributed by atoms with Crippen LogP contribution in [0.15, 0.2) is 67.1 Å². The molecule has 0 unspecified atom stereocenters. The first kappa shape index (κ1) is 20.8. The predicted molar refractivity (Wildman–Crippen MR) is 133 cm³/mol. The van der Waals surface area contributed by atoms with E-state index in [0.29, 0.717) is 24.3 Å². The second kappa shape index (κ2) is 8.52. The van der Waals surface area contributed by atoms with Gasteiger partial charge in [0.1, 0.15) is 17.8 Å². The number of rotatable bonds is 7. The molecule has 0 spiro atoms. The molecule has 2 aromatic heterocycles. The molecule has 34 heavy (non-hydrogen) atoms. The number of carbonyl (C=O) groups is 1. The molecule has 0 atom stereocenters. The van der Waals surface area contributed by atoms with Crippen LogP contribution in [0.3, 0.4) is 0 Å². The molecular weight excluding hydrogens is 422 g/mol. The van der Waals surface area contributed by atoms with Gasteiger partial charge >= 0.3 is 0 Å². The van der Waals surface area contributed by atoms with Crippen molar-refractivity contribution < 1.29 is 4.79 Å². The normalized spacial score (nSPS) is 15.3. The van der Waals surface area contributed by atoms with Crippen molar-refractivity contribution >= 4 is 22.6 Å². The lowest BCUT2D eigenvalue weighted by atomic mass is 9.96. The Balaban J connectivity index is 1.32. The fraction of sp³-hybridized carbons (Fsp3) is 0.286. The summed E-state index contributed by atoms with van der Waals surface area (Å²) in [6, 6.07) is 19.2. The highest BCUT2D eigenvalue weighted by atomic mass is 16.2. The van der Waals surface area contributed by atoms with Gasteiger partial charge in [0.2, 0.25) is 0 Å². The van der Waals surface area contributed by atoms with E-state index in [1.807, 2.05) is 17.0 Å². The first-order chi connectivity index (χ1) is 16.7. The van der Waals surface area contributed by atoms with Gasteiger partial charge in [-0.3, -0.25) is 9.78 Å². The molecule has 0 aliphatic heterocycles. The van der Waals surface area contributed by atoms with Crippen molar-refractivity contribution in [3.63, 3.8) is 0 Å². The van der Waals surface area contributed by atoms with Crippen LogP contribution in [-0.2, 0) is 6.54 Å². The smallest absolute Gasteiger partial charge is 0.272 e. The minimum atomic E-state index is 0.00308. The molecule has 6 nitrogen and oxygen atoms in total. The molecule has 2 aromatic carbocycles. The molecule has 2 heterocycles. The lowest BCUT2D eigenvalue weighted by Crippen LogP contribution is -2.33. The van der Waals surface area contributed by atoms with E-state index in [2.05, 4.69) is 63.6 Å². The summed E-state index contributed by atoms with van der Waals surface area (Å²) in [6.45, 7) is 2.71. The zero-order chi connectivity index (χ0) is 23.1. The molecule has 2 aliphatic carbocycles. The Hall–Kier alpha value is -3.80. The van der Waals surface area contributed by atoms with Crippen LogP contribution in [0.5, 0.6) is 0 Å². The Morgan fingerprint density at radius 3 is 2.65 bits per heavy atom. The van der Waals surface area contributed by atoms with E-state index in [-0.39, 0.29) is 5.91 Å². The van der Waals surface area contributed by atoms with Crippen molar-refractivity contribution in [3.05, 3.63) is 83.9 Å². The molecule has 0 saturated heterocycles. The van der Waals surface area contributed by atoms with Gasteiger partial charge in [-0.2, -0.15) is 0 Å². The molecule has 0 radical (unpaired) electrons. The summed E-state index contributed by atoms with van der Waals surface area (Å²) in [7, 11) is 0. The summed E-state index contributed by atoms with van der Waals surface area (Å²) >= 11 is 0. The number of benzene rings is 2. The fourth-order valence-electron chi connectivity index (χ4n) is 4.48. The van der Waals surface area contributed by atoms with Crippen LogP contribution in [0.4, 0.5) is 5.82 Å². The van der Waals surface area contributed by atoms with Gasteiger partial charge < -0.3 is 10.2 Å². The maximum atomic E-state index is 13.2. The quantitative estimate of drug-likeness (QED) is 0.410. The van der Waals surface area contributed by atoms with E-state index in [0.717, 1.165) is 46.3 Å².